The van der Waals surface area contributed by atoms with Crippen molar-refractivity contribution in [3.63, 3.8) is 0 Å². The first-order chi connectivity index (χ1) is 9.11. The average Bonchev–Trinajstić information content (AvgIpc) is 2.96. The van der Waals surface area contributed by atoms with E-state index in [9.17, 15) is 14.7 Å². The molecule has 0 aliphatic carbocycles. The Morgan fingerprint density at radius 1 is 1.53 bits per heavy atom. The van der Waals surface area contributed by atoms with E-state index < -0.39 is 29.7 Å². The van der Waals surface area contributed by atoms with Gasteiger partial charge in [0.2, 0.25) is 0 Å². The number of hydrogen-bond acceptors (Lipinski definition) is 6. The van der Waals surface area contributed by atoms with E-state index in [2.05, 4.69) is 4.98 Å². The van der Waals surface area contributed by atoms with E-state index in [-0.39, 0.29) is 13.0 Å². The molecule has 2 aromatic rings. The van der Waals surface area contributed by atoms with Crippen molar-refractivity contribution in [2.45, 2.75) is 24.9 Å². The highest BCUT2D eigenvalue weighted by Crippen LogP contribution is 2.30. The predicted octanol–water partition coefficient (Wildman–Crippen LogP) is -0.608. The number of aliphatic hydroxyl groups excluding tert-OH is 2. The average molecular weight is 284 g/mol. The molecule has 3 atom stereocenters. The second-order valence-corrected chi connectivity index (χ2v) is 5.30. The Morgan fingerprint density at radius 2 is 2.32 bits per heavy atom. The molecule has 7 nitrogen and oxygen atoms in total. The normalized spacial score (nSPS) is 27.2. The molecule has 19 heavy (non-hydrogen) atoms. The van der Waals surface area contributed by atoms with Crippen LogP contribution in [0.25, 0.3) is 10.2 Å². The number of aromatic amines is 1. The van der Waals surface area contributed by atoms with Crippen LogP contribution in [0.5, 0.6) is 0 Å². The fourth-order valence-corrected chi connectivity index (χ4v) is 3.09. The molecule has 3 heterocycles. The van der Waals surface area contributed by atoms with E-state index in [4.69, 9.17) is 9.84 Å². The summed E-state index contributed by atoms with van der Waals surface area (Å²) in [5.41, 5.74) is -0.523. The lowest BCUT2D eigenvalue weighted by molar-refractivity contribution is -0.0443. The molecule has 102 valence electrons. The van der Waals surface area contributed by atoms with Gasteiger partial charge in [0.25, 0.3) is 5.56 Å². The molecule has 3 N–H and O–H groups in total. The van der Waals surface area contributed by atoms with Gasteiger partial charge in [0, 0.05) is 6.42 Å². The van der Waals surface area contributed by atoms with Crippen molar-refractivity contribution in [3.8, 4) is 0 Å². The van der Waals surface area contributed by atoms with E-state index in [1.54, 1.807) is 11.4 Å². The monoisotopic (exact) mass is 284 g/mol. The molecule has 8 heteroatoms. The molecule has 1 aliphatic rings. The van der Waals surface area contributed by atoms with Crippen LogP contribution in [0.4, 0.5) is 0 Å². The molecule has 2 aromatic heterocycles. The summed E-state index contributed by atoms with van der Waals surface area (Å²) < 4.78 is 7.20. The third kappa shape index (κ3) is 1.93. The van der Waals surface area contributed by atoms with E-state index in [1.807, 2.05) is 0 Å². The number of rotatable bonds is 2. The minimum atomic E-state index is -0.831. The van der Waals surface area contributed by atoms with E-state index >= 15 is 0 Å². The van der Waals surface area contributed by atoms with Gasteiger partial charge in [-0.05, 0) is 11.4 Å². The fourth-order valence-electron chi connectivity index (χ4n) is 2.31. The lowest BCUT2D eigenvalue weighted by atomic mass is 10.2. The smallest absolute Gasteiger partial charge is 0.331 e. The van der Waals surface area contributed by atoms with Gasteiger partial charge >= 0.3 is 5.69 Å². The number of nitrogens with one attached hydrogen (secondary N) is 1. The van der Waals surface area contributed by atoms with Crippen molar-refractivity contribution in [1.82, 2.24) is 9.55 Å². The SMILES string of the molecule is O=c1[nH]c(=O)n([C@H]2CC(O)[C@@H](CO)O2)c2ccsc12. The van der Waals surface area contributed by atoms with Crippen LogP contribution in [0.2, 0.25) is 0 Å². The maximum Gasteiger partial charge on any atom is 0.331 e. The zero-order valence-electron chi connectivity index (χ0n) is 9.78. The summed E-state index contributed by atoms with van der Waals surface area (Å²) in [7, 11) is 0. The number of ether oxygens (including phenoxy) is 1. The second-order valence-electron chi connectivity index (χ2n) is 4.38. The lowest BCUT2D eigenvalue weighted by Crippen LogP contribution is -2.32. The van der Waals surface area contributed by atoms with Crippen molar-refractivity contribution in [3.05, 3.63) is 32.3 Å². The number of H-pyrrole nitrogens is 1. The van der Waals surface area contributed by atoms with Crippen molar-refractivity contribution in [1.29, 1.82) is 0 Å². The Balaban J connectivity index is 2.14. The molecule has 0 saturated carbocycles. The summed E-state index contributed by atoms with van der Waals surface area (Å²) in [4.78, 5) is 25.8. The lowest BCUT2D eigenvalue weighted by Gasteiger charge is -2.15. The third-order valence-electron chi connectivity index (χ3n) is 3.22. The number of nitrogens with zero attached hydrogens (tertiary/aromatic N) is 1. The minimum absolute atomic E-state index is 0.197. The maximum atomic E-state index is 11.9. The molecule has 1 saturated heterocycles. The molecule has 1 fully saturated rings. The zero-order valence-corrected chi connectivity index (χ0v) is 10.6. The largest absolute Gasteiger partial charge is 0.394 e. The van der Waals surface area contributed by atoms with Gasteiger partial charge in [0.05, 0.1) is 18.2 Å². The summed E-state index contributed by atoms with van der Waals surface area (Å²) in [5, 5.41) is 20.5. The Kier molecular flexibility index (Phi) is 3.02. The van der Waals surface area contributed by atoms with Crippen LogP contribution >= 0.6 is 11.3 Å². The fraction of sp³-hybridized carbons (Fsp3) is 0.455. The molecule has 0 aromatic carbocycles. The quantitative estimate of drug-likeness (QED) is 0.682. The topological polar surface area (TPSA) is 105 Å². The molecule has 0 bridgehead atoms. The van der Waals surface area contributed by atoms with Crippen molar-refractivity contribution >= 4 is 21.6 Å². The first kappa shape index (κ1) is 12.5. The molecular formula is C11H12N2O5S. The highest BCUT2D eigenvalue weighted by molar-refractivity contribution is 7.17. The minimum Gasteiger partial charge on any atom is -0.394 e. The Hall–Kier alpha value is -1.48. The van der Waals surface area contributed by atoms with Gasteiger partial charge in [-0.2, -0.15) is 0 Å². The van der Waals surface area contributed by atoms with Crippen LogP contribution in [0.15, 0.2) is 21.0 Å². The molecule has 1 unspecified atom stereocenters. The van der Waals surface area contributed by atoms with E-state index in [0.717, 1.165) is 0 Å². The van der Waals surface area contributed by atoms with Crippen molar-refractivity contribution in [2.24, 2.45) is 0 Å². The van der Waals surface area contributed by atoms with Crippen LogP contribution in [-0.4, -0.2) is 38.6 Å². The third-order valence-corrected chi connectivity index (χ3v) is 4.12. The van der Waals surface area contributed by atoms with Crippen LogP contribution < -0.4 is 11.2 Å². The summed E-state index contributed by atoms with van der Waals surface area (Å²) >= 11 is 1.23. The van der Waals surface area contributed by atoms with Gasteiger partial charge in [-0.3, -0.25) is 14.3 Å². The van der Waals surface area contributed by atoms with Crippen molar-refractivity contribution < 1.29 is 14.9 Å². The van der Waals surface area contributed by atoms with E-state index in [1.165, 1.54) is 15.9 Å². The zero-order chi connectivity index (χ0) is 13.6. The summed E-state index contributed by atoms with van der Waals surface area (Å²) in [6, 6.07) is 1.67. The number of aromatic nitrogens is 2. The second kappa shape index (κ2) is 4.57. The standard InChI is InChI=1S/C11H12N2O5S/c14-4-7-6(15)3-8(18-7)13-5-1-2-19-9(5)10(16)12-11(13)17/h1-2,6-8,14-15H,3-4H2,(H,12,16,17)/t6?,7-,8-/m1/s1. The van der Waals surface area contributed by atoms with Crippen molar-refractivity contribution in [2.75, 3.05) is 6.61 Å². The van der Waals surface area contributed by atoms with Gasteiger partial charge in [-0.25, -0.2) is 4.79 Å². The molecular weight excluding hydrogens is 272 g/mol. The highest BCUT2D eigenvalue weighted by atomic mass is 32.1. The summed E-state index contributed by atoms with van der Waals surface area (Å²) in [6.07, 6.45) is -2.03. The molecule has 1 aliphatic heterocycles. The first-order valence-corrected chi connectivity index (χ1v) is 6.66. The highest BCUT2D eigenvalue weighted by Gasteiger charge is 2.35. The molecule has 3 rings (SSSR count). The first-order valence-electron chi connectivity index (χ1n) is 5.78. The number of aliphatic hydroxyl groups is 2. The van der Waals surface area contributed by atoms with Gasteiger partial charge in [0.1, 0.15) is 17.0 Å². The van der Waals surface area contributed by atoms with Gasteiger partial charge in [-0.1, -0.05) is 0 Å². The van der Waals surface area contributed by atoms with Crippen LogP contribution in [0.1, 0.15) is 12.6 Å². The van der Waals surface area contributed by atoms with Crippen LogP contribution in [0.3, 0.4) is 0 Å². The molecule has 0 spiro atoms. The molecule has 0 amide bonds. The van der Waals surface area contributed by atoms with Gasteiger partial charge in [-0.15, -0.1) is 11.3 Å². The Labute approximate surface area is 110 Å². The number of hydrogen-bond donors (Lipinski definition) is 3. The van der Waals surface area contributed by atoms with Crippen LogP contribution in [-0.2, 0) is 4.74 Å². The summed E-state index contributed by atoms with van der Waals surface area (Å²) in [6.45, 7) is -0.317. The Morgan fingerprint density at radius 3 is 3.00 bits per heavy atom. The van der Waals surface area contributed by atoms with Gasteiger partial charge in [0.15, 0.2) is 0 Å². The van der Waals surface area contributed by atoms with E-state index in [0.29, 0.717) is 10.2 Å². The summed E-state index contributed by atoms with van der Waals surface area (Å²) in [5.74, 6) is 0. The number of thiophene rings is 1. The predicted molar refractivity (Wildman–Crippen MR) is 68.3 cm³/mol. The number of fused-ring (bicyclic) bond motifs is 1. The maximum absolute atomic E-state index is 11.9. The van der Waals surface area contributed by atoms with Crippen LogP contribution in [0, 0.1) is 0 Å². The molecule has 0 radical (unpaired) electrons. The Bertz CT molecular complexity index is 718. The van der Waals surface area contributed by atoms with Gasteiger partial charge < -0.3 is 14.9 Å².